The van der Waals surface area contributed by atoms with Crippen LogP contribution in [0, 0.1) is 18.3 Å². The van der Waals surface area contributed by atoms with E-state index in [1.165, 1.54) is 0 Å². The lowest BCUT2D eigenvalue weighted by Gasteiger charge is -2.34. The number of nitrogens with one attached hydrogen (secondary N) is 6. The van der Waals surface area contributed by atoms with Crippen LogP contribution in [0.1, 0.15) is 90.8 Å². The summed E-state index contributed by atoms with van der Waals surface area (Å²) < 4.78 is 10.9. The Hall–Kier alpha value is -5.72. The quantitative estimate of drug-likeness (QED) is 0.0559. The summed E-state index contributed by atoms with van der Waals surface area (Å²) in [6.45, 7) is 12.9. The van der Waals surface area contributed by atoms with Gasteiger partial charge in [-0.2, -0.15) is 0 Å². The number of benzene rings is 2. The zero-order valence-electron chi connectivity index (χ0n) is 38.4. The Morgan fingerprint density at radius 3 is 1.83 bits per heavy atom. The first kappa shape index (κ1) is 54.4. The van der Waals surface area contributed by atoms with Gasteiger partial charge in [-0.3, -0.25) is 38.4 Å². The molecule has 354 valence electrons. The molecule has 6 atom stereocenters. The molecule has 7 amide bonds. The van der Waals surface area contributed by atoms with E-state index in [2.05, 4.69) is 31.9 Å². The van der Waals surface area contributed by atoms with Gasteiger partial charge in [0.25, 0.3) is 5.91 Å². The van der Waals surface area contributed by atoms with Crippen molar-refractivity contribution in [3.05, 3.63) is 71.3 Å². The van der Waals surface area contributed by atoms with Crippen molar-refractivity contribution in [2.75, 3.05) is 26.4 Å². The number of hydrogen-bond acceptors (Lipinski definition) is 11. The van der Waals surface area contributed by atoms with Crippen molar-refractivity contribution in [2.24, 2.45) is 17.1 Å². The molecule has 64 heavy (non-hydrogen) atoms. The normalized spacial score (nSPS) is 14.2. The van der Waals surface area contributed by atoms with Crippen molar-refractivity contribution in [2.45, 2.75) is 130 Å². The molecule has 0 bridgehead atoms. The molecule has 0 fully saturated rings. The zero-order chi connectivity index (χ0) is 48.0. The number of aryl methyl sites for hydroxylation is 1. The van der Waals surface area contributed by atoms with E-state index in [-0.39, 0.29) is 51.6 Å². The molecule has 18 nitrogen and oxygen atoms in total. The minimum atomic E-state index is -1.46. The summed E-state index contributed by atoms with van der Waals surface area (Å²) >= 11 is 0. The molecule has 2 aromatic carbocycles. The minimum absolute atomic E-state index is 0.0492. The van der Waals surface area contributed by atoms with Gasteiger partial charge in [-0.05, 0) is 54.7 Å². The third kappa shape index (κ3) is 18.9. The molecule has 0 aliphatic rings. The molecule has 0 radical (unpaired) electrons. The number of nitrogens with two attached hydrogens (primary N) is 1. The van der Waals surface area contributed by atoms with E-state index in [9.17, 15) is 43.5 Å². The summed E-state index contributed by atoms with van der Waals surface area (Å²) in [4.78, 5) is 107. The van der Waals surface area contributed by atoms with Crippen molar-refractivity contribution in [3.63, 3.8) is 0 Å². The standard InChI is InChI=1S/C46H69N7O11/c1-9-11-21-32(38(56)40(47)57)49-41(58)33(22-28(3)4)51-45(62)39(46(6,7)8)53-42(59)34(23-31-20-16-15-17-29(31)5)50-44(61)36(26-64-25-30-18-13-12-14-19-30)52-43(60)35(24-54)48-37(55)27-63-10-2/h12-20,28,32-36,39,54H,9-11,21-27H2,1-8H3,(H2,47,57)(H,48,55)(H,49,58)(H,50,61)(H,51,62)(H,52,60)(H,53,59)/t32?,33-,34-,35-,36+,39+/m0/s1. The molecule has 0 aliphatic carbocycles. The maximum Gasteiger partial charge on any atom is 0.287 e. The predicted octanol–water partition coefficient (Wildman–Crippen LogP) is 1.03. The van der Waals surface area contributed by atoms with Gasteiger partial charge in [0.2, 0.25) is 41.2 Å². The molecule has 2 aromatic rings. The lowest BCUT2D eigenvalue weighted by molar-refractivity contribution is -0.139. The number of carbonyl (C=O) groups is 8. The van der Waals surface area contributed by atoms with Crippen molar-refractivity contribution in [3.8, 4) is 0 Å². The second kappa shape index (κ2) is 27.5. The van der Waals surface area contributed by atoms with Crippen LogP contribution in [0.4, 0.5) is 0 Å². The molecule has 2 rings (SSSR count). The number of unbranched alkanes of at least 4 members (excludes halogenated alkanes) is 1. The summed E-state index contributed by atoms with van der Waals surface area (Å²) in [5.74, 6) is -6.89. The van der Waals surface area contributed by atoms with Crippen LogP contribution < -0.4 is 37.6 Å². The van der Waals surface area contributed by atoms with Gasteiger partial charge in [0, 0.05) is 13.0 Å². The maximum absolute atomic E-state index is 14.5. The molecule has 0 spiro atoms. The number of rotatable bonds is 28. The van der Waals surface area contributed by atoms with Gasteiger partial charge in [-0.25, -0.2) is 0 Å². The molecule has 9 N–H and O–H groups in total. The Morgan fingerprint density at radius 1 is 0.688 bits per heavy atom. The van der Waals surface area contributed by atoms with Gasteiger partial charge < -0.3 is 52.2 Å². The van der Waals surface area contributed by atoms with Crippen molar-refractivity contribution in [1.82, 2.24) is 31.9 Å². The Morgan fingerprint density at radius 2 is 1.25 bits per heavy atom. The van der Waals surface area contributed by atoms with E-state index in [4.69, 9.17) is 15.2 Å². The summed E-state index contributed by atoms with van der Waals surface area (Å²) in [5, 5.41) is 25.8. The summed E-state index contributed by atoms with van der Waals surface area (Å²) in [5.41, 5.74) is 6.57. The maximum atomic E-state index is 14.5. The number of ether oxygens (including phenoxy) is 2. The molecule has 0 saturated carbocycles. The second-order valence-corrected chi connectivity index (χ2v) is 17.1. The molecular formula is C46H69N7O11. The fraction of sp³-hybridized carbons (Fsp3) is 0.565. The highest BCUT2D eigenvalue weighted by Crippen LogP contribution is 2.21. The lowest BCUT2D eigenvalue weighted by atomic mass is 9.85. The smallest absolute Gasteiger partial charge is 0.287 e. The van der Waals surface area contributed by atoms with E-state index < -0.39 is 95.4 Å². The van der Waals surface area contributed by atoms with Gasteiger partial charge in [0.1, 0.15) is 36.8 Å². The number of Topliss-reactive ketones (excluding diaryl/α,β-unsaturated/α-hetero) is 1. The summed E-state index contributed by atoms with van der Waals surface area (Å²) in [6.07, 6.45) is 1.46. The third-order valence-corrected chi connectivity index (χ3v) is 10.1. The predicted molar refractivity (Wildman–Crippen MR) is 239 cm³/mol. The van der Waals surface area contributed by atoms with E-state index >= 15 is 0 Å². The van der Waals surface area contributed by atoms with E-state index in [1.807, 2.05) is 45.9 Å². The van der Waals surface area contributed by atoms with E-state index in [0.29, 0.717) is 18.4 Å². The number of amides is 7. The zero-order valence-corrected chi connectivity index (χ0v) is 38.4. The van der Waals surface area contributed by atoms with Crippen LogP contribution in [-0.4, -0.2) is 115 Å². The van der Waals surface area contributed by atoms with Crippen LogP contribution in [-0.2, 0) is 60.9 Å². The van der Waals surface area contributed by atoms with Crippen LogP contribution in [0.2, 0.25) is 0 Å². The average Bonchev–Trinajstić information content (AvgIpc) is 3.24. The van der Waals surface area contributed by atoms with Crippen LogP contribution >= 0.6 is 0 Å². The van der Waals surface area contributed by atoms with Gasteiger partial charge in [0.15, 0.2) is 0 Å². The van der Waals surface area contributed by atoms with Crippen LogP contribution in [0.25, 0.3) is 0 Å². The summed E-state index contributed by atoms with van der Waals surface area (Å²) in [7, 11) is 0. The lowest BCUT2D eigenvalue weighted by Crippen LogP contribution is -2.62. The molecular weight excluding hydrogens is 827 g/mol. The monoisotopic (exact) mass is 896 g/mol. The van der Waals surface area contributed by atoms with Crippen LogP contribution in [0.15, 0.2) is 54.6 Å². The van der Waals surface area contributed by atoms with Crippen LogP contribution in [0.3, 0.4) is 0 Å². The first-order valence-corrected chi connectivity index (χ1v) is 21.7. The van der Waals surface area contributed by atoms with Gasteiger partial charge >= 0.3 is 0 Å². The highest BCUT2D eigenvalue weighted by atomic mass is 16.5. The second-order valence-electron chi connectivity index (χ2n) is 17.1. The Balaban J connectivity index is 2.48. The van der Waals surface area contributed by atoms with Crippen molar-refractivity contribution < 1.29 is 52.9 Å². The number of aliphatic hydroxyl groups is 1. The van der Waals surface area contributed by atoms with Crippen LogP contribution in [0.5, 0.6) is 0 Å². The number of ketones is 1. The Labute approximate surface area is 376 Å². The fourth-order valence-electron chi connectivity index (χ4n) is 6.49. The fourth-order valence-corrected chi connectivity index (χ4v) is 6.49. The van der Waals surface area contributed by atoms with Gasteiger partial charge in [-0.15, -0.1) is 0 Å². The molecule has 18 heteroatoms. The van der Waals surface area contributed by atoms with Gasteiger partial charge in [-0.1, -0.05) is 109 Å². The van der Waals surface area contributed by atoms with Gasteiger partial charge in [0.05, 0.1) is 25.9 Å². The SMILES string of the molecule is CCCCC(NC(=O)[C@H](CC(C)C)NC(=O)[C@@H](NC(=O)[C@H](Cc1ccccc1C)NC(=O)[C@@H](COCc1ccccc1)NC(=O)[C@H](CO)NC(=O)COCC)C(C)(C)C)C(=O)C(N)=O. The number of carbonyl (C=O) groups excluding carboxylic acids is 8. The number of hydrogen-bond donors (Lipinski definition) is 8. The van der Waals surface area contributed by atoms with E-state index in [1.54, 1.807) is 64.1 Å². The van der Waals surface area contributed by atoms with Crippen molar-refractivity contribution >= 4 is 47.1 Å². The molecule has 0 aromatic heterocycles. The molecule has 0 aliphatic heterocycles. The Kier molecular flexibility index (Phi) is 23.3. The van der Waals surface area contributed by atoms with Crippen molar-refractivity contribution in [1.29, 1.82) is 0 Å². The van der Waals surface area contributed by atoms with E-state index in [0.717, 1.165) is 11.1 Å². The highest BCUT2D eigenvalue weighted by molar-refractivity contribution is 6.37. The first-order valence-electron chi connectivity index (χ1n) is 21.7. The highest BCUT2D eigenvalue weighted by Gasteiger charge is 2.38. The topological polar surface area (TPSA) is 273 Å². The summed E-state index contributed by atoms with van der Waals surface area (Å²) in [6, 6.07) is 8.35. The number of aliphatic hydroxyl groups excluding tert-OH is 1. The first-order chi connectivity index (χ1) is 30.2. The largest absolute Gasteiger partial charge is 0.394 e. The molecule has 0 saturated heterocycles. The minimum Gasteiger partial charge on any atom is -0.394 e. The average molecular weight is 896 g/mol. The Bertz CT molecular complexity index is 1870. The third-order valence-electron chi connectivity index (χ3n) is 10.1. The molecule has 1 unspecified atom stereocenters. The molecule has 0 heterocycles. The number of primary amides is 1.